The van der Waals surface area contributed by atoms with Gasteiger partial charge >= 0.3 is 6.18 Å². The predicted molar refractivity (Wildman–Crippen MR) is 83.7 cm³/mol. The summed E-state index contributed by atoms with van der Waals surface area (Å²) < 4.78 is 41.3. The number of hydrogen-bond donors (Lipinski definition) is 0. The van der Waals surface area contributed by atoms with Crippen molar-refractivity contribution in [2.75, 3.05) is 38.1 Å². The lowest BCUT2D eigenvalue weighted by molar-refractivity contribution is -0.141. The van der Waals surface area contributed by atoms with Gasteiger partial charge in [0.2, 0.25) is 5.95 Å². The van der Waals surface area contributed by atoms with Crippen LogP contribution in [0, 0.1) is 6.92 Å². The number of alkyl halides is 3. The van der Waals surface area contributed by atoms with Gasteiger partial charge in [0.1, 0.15) is 0 Å². The van der Waals surface area contributed by atoms with Gasteiger partial charge in [0, 0.05) is 45.0 Å². The third-order valence-corrected chi connectivity index (χ3v) is 4.08. The first-order valence-corrected chi connectivity index (χ1v) is 7.64. The van der Waals surface area contributed by atoms with Gasteiger partial charge in [-0.05, 0) is 20.0 Å². The maximum absolute atomic E-state index is 13.3. The van der Waals surface area contributed by atoms with E-state index in [4.69, 9.17) is 0 Å². The third-order valence-electron chi connectivity index (χ3n) is 4.08. The van der Waals surface area contributed by atoms with Gasteiger partial charge in [-0.25, -0.2) is 9.97 Å². The highest BCUT2D eigenvalue weighted by molar-refractivity contribution is 5.63. The average Bonchev–Trinajstić information content (AvgIpc) is 2.85. The molecule has 0 bridgehead atoms. The maximum atomic E-state index is 13.3. The number of hydrogen-bond acceptors (Lipinski definition) is 5. The van der Waals surface area contributed by atoms with E-state index >= 15 is 0 Å². The number of aromatic nitrogens is 4. The van der Waals surface area contributed by atoms with Gasteiger partial charge in [-0.3, -0.25) is 4.68 Å². The molecule has 1 saturated heterocycles. The minimum atomic E-state index is -4.52. The number of rotatable bonds is 2. The lowest BCUT2D eigenvalue weighted by atomic mass is 10.1. The van der Waals surface area contributed by atoms with Crippen LogP contribution in [0.5, 0.6) is 0 Å². The van der Waals surface area contributed by atoms with Crippen molar-refractivity contribution in [2.24, 2.45) is 7.05 Å². The van der Waals surface area contributed by atoms with Crippen LogP contribution in [0.3, 0.4) is 0 Å². The summed E-state index contributed by atoms with van der Waals surface area (Å²) in [5, 5.41) is 4.19. The van der Waals surface area contributed by atoms with E-state index in [2.05, 4.69) is 20.0 Å². The molecule has 0 aromatic carbocycles. The lowest BCUT2D eigenvalue weighted by Gasteiger charge is -2.32. The van der Waals surface area contributed by atoms with E-state index in [1.807, 2.05) is 7.05 Å². The molecule has 1 aliphatic rings. The van der Waals surface area contributed by atoms with Crippen LogP contribution >= 0.6 is 0 Å². The Hall–Kier alpha value is -2.16. The largest absolute Gasteiger partial charge is 0.433 e. The van der Waals surface area contributed by atoms with Crippen LogP contribution in [0.25, 0.3) is 11.3 Å². The van der Waals surface area contributed by atoms with E-state index in [-0.39, 0.29) is 11.6 Å². The van der Waals surface area contributed by atoms with Gasteiger partial charge in [0.05, 0.1) is 11.4 Å². The summed E-state index contributed by atoms with van der Waals surface area (Å²) in [6.07, 6.45) is -2.85. The molecule has 0 N–H and O–H groups in total. The average molecular weight is 340 g/mol. The first-order chi connectivity index (χ1) is 11.2. The van der Waals surface area contributed by atoms with Crippen LogP contribution in [0.15, 0.2) is 12.3 Å². The Morgan fingerprint density at radius 1 is 1.04 bits per heavy atom. The monoisotopic (exact) mass is 340 g/mol. The summed E-state index contributed by atoms with van der Waals surface area (Å²) in [5.41, 5.74) is 0.538. The van der Waals surface area contributed by atoms with E-state index in [1.165, 1.54) is 0 Å². The number of piperazine rings is 1. The number of likely N-dealkylation sites (N-methyl/N-ethyl adjacent to an activating group) is 1. The van der Waals surface area contributed by atoms with Gasteiger partial charge in [0.25, 0.3) is 0 Å². The van der Waals surface area contributed by atoms with E-state index in [9.17, 15) is 13.2 Å². The van der Waals surface area contributed by atoms with Crippen molar-refractivity contribution in [3.63, 3.8) is 0 Å². The molecule has 0 radical (unpaired) electrons. The molecule has 0 atom stereocenters. The molecule has 2 aromatic heterocycles. The Labute approximate surface area is 137 Å². The summed E-state index contributed by atoms with van der Waals surface area (Å²) in [4.78, 5) is 12.1. The Kier molecular flexibility index (Phi) is 4.20. The predicted octanol–water partition coefficient (Wildman–Crippen LogP) is 1.96. The highest BCUT2D eigenvalue weighted by atomic mass is 19.4. The van der Waals surface area contributed by atoms with Crippen molar-refractivity contribution in [3.8, 4) is 11.3 Å². The molecular formula is C15H19F3N6. The van der Waals surface area contributed by atoms with Crippen molar-refractivity contribution in [2.45, 2.75) is 13.1 Å². The van der Waals surface area contributed by atoms with Gasteiger partial charge < -0.3 is 9.80 Å². The van der Waals surface area contributed by atoms with Crippen LogP contribution in [0.1, 0.15) is 11.4 Å². The van der Waals surface area contributed by atoms with Crippen molar-refractivity contribution in [3.05, 3.63) is 23.7 Å². The van der Waals surface area contributed by atoms with E-state index in [1.54, 1.807) is 29.7 Å². The van der Waals surface area contributed by atoms with Gasteiger partial charge in [-0.1, -0.05) is 0 Å². The van der Waals surface area contributed by atoms with Crippen molar-refractivity contribution < 1.29 is 13.2 Å². The molecule has 0 saturated carbocycles. The molecule has 0 spiro atoms. The molecule has 130 valence electrons. The van der Waals surface area contributed by atoms with Crippen molar-refractivity contribution >= 4 is 5.95 Å². The minimum Gasteiger partial charge on any atom is -0.338 e. The summed E-state index contributed by atoms with van der Waals surface area (Å²) in [7, 11) is 3.71. The maximum Gasteiger partial charge on any atom is 0.433 e. The zero-order chi connectivity index (χ0) is 17.5. The minimum absolute atomic E-state index is 0.121. The molecule has 3 heterocycles. The fourth-order valence-corrected chi connectivity index (χ4v) is 2.72. The quantitative estimate of drug-likeness (QED) is 0.836. The molecule has 0 aliphatic carbocycles. The summed E-state index contributed by atoms with van der Waals surface area (Å²) in [6, 6.07) is 0.990. The zero-order valence-electron chi connectivity index (χ0n) is 13.8. The molecule has 9 heteroatoms. The second kappa shape index (κ2) is 6.04. The van der Waals surface area contributed by atoms with E-state index < -0.39 is 11.9 Å². The Bertz CT molecular complexity index is 731. The Morgan fingerprint density at radius 2 is 1.71 bits per heavy atom. The SMILES string of the molecule is Cc1nn(C)cc1-c1cc(C(F)(F)F)nc(N2CCN(C)CC2)n1. The third kappa shape index (κ3) is 3.35. The molecule has 3 rings (SSSR count). The Balaban J connectivity index is 2.06. The molecule has 2 aromatic rings. The van der Waals surface area contributed by atoms with Crippen LogP contribution in [-0.2, 0) is 13.2 Å². The molecule has 1 aliphatic heterocycles. The second-order valence-electron chi connectivity index (χ2n) is 6.03. The van der Waals surface area contributed by atoms with Crippen LogP contribution in [0.2, 0.25) is 0 Å². The summed E-state index contributed by atoms with van der Waals surface area (Å²) in [6.45, 7) is 4.48. The summed E-state index contributed by atoms with van der Waals surface area (Å²) >= 11 is 0. The molecule has 24 heavy (non-hydrogen) atoms. The highest BCUT2D eigenvalue weighted by Crippen LogP contribution is 2.32. The van der Waals surface area contributed by atoms with Gasteiger partial charge in [0.15, 0.2) is 5.69 Å². The molecule has 6 nitrogen and oxygen atoms in total. The standard InChI is InChI=1S/C15H19F3N6/c1-10-11(9-23(3)21-10)12-8-13(15(16,17)18)20-14(19-12)24-6-4-22(2)5-7-24/h8-9H,4-7H2,1-3H3. The summed E-state index contributed by atoms with van der Waals surface area (Å²) in [5.74, 6) is 0.121. The Morgan fingerprint density at radius 3 is 2.25 bits per heavy atom. The topological polar surface area (TPSA) is 50.1 Å². The highest BCUT2D eigenvalue weighted by Gasteiger charge is 2.35. The fourth-order valence-electron chi connectivity index (χ4n) is 2.72. The van der Waals surface area contributed by atoms with Crippen LogP contribution in [0.4, 0.5) is 19.1 Å². The number of halogens is 3. The number of aryl methyl sites for hydroxylation is 2. The fraction of sp³-hybridized carbons (Fsp3) is 0.533. The van der Waals surface area contributed by atoms with Crippen LogP contribution < -0.4 is 4.90 Å². The molecule has 0 unspecified atom stereocenters. The second-order valence-corrected chi connectivity index (χ2v) is 6.03. The van der Waals surface area contributed by atoms with Gasteiger partial charge in [-0.15, -0.1) is 0 Å². The normalized spacial score (nSPS) is 16.7. The smallest absolute Gasteiger partial charge is 0.338 e. The van der Waals surface area contributed by atoms with Gasteiger partial charge in [-0.2, -0.15) is 18.3 Å². The van der Waals surface area contributed by atoms with Crippen molar-refractivity contribution in [1.29, 1.82) is 0 Å². The molecular weight excluding hydrogens is 321 g/mol. The first kappa shape index (κ1) is 16.7. The lowest BCUT2D eigenvalue weighted by Crippen LogP contribution is -2.45. The molecule has 0 amide bonds. The van der Waals surface area contributed by atoms with E-state index in [0.717, 1.165) is 19.2 Å². The van der Waals surface area contributed by atoms with Crippen molar-refractivity contribution in [1.82, 2.24) is 24.6 Å². The van der Waals surface area contributed by atoms with E-state index in [0.29, 0.717) is 24.3 Å². The first-order valence-electron chi connectivity index (χ1n) is 7.64. The number of anilines is 1. The number of nitrogens with zero attached hydrogens (tertiary/aromatic N) is 6. The molecule has 1 fully saturated rings. The van der Waals surface area contributed by atoms with Crippen LogP contribution in [-0.4, -0.2) is 57.9 Å². The zero-order valence-corrected chi connectivity index (χ0v) is 13.8.